The van der Waals surface area contributed by atoms with Crippen LogP contribution in [0.1, 0.15) is 5.56 Å². The van der Waals surface area contributed by atoms with Gasteiger partial charge in [0, 0.05) is 22.3 Å². The van der Waals surface area contributed by atoms with E-state index in [-0.39, 0.29) is 0 Å². The maximum absolute atomic E-state index is 5.20. The van der Waals surface area contributed by atoms with Crippen LogP contribution < -0.4 is 0 Å². The number of aromatic amines is 1. The zero-order valence-corrected chi connectivity index (χ0v) is 15.1. The summed E-state index contributed by atoms with van der Waals surface area (Å²) in [7, 11) is 1.63. The Bertz CT molecular complexity index is 992. The molecule has 0 aliphatic rings. The summed E-state index contributed by atoms with van der Waals surface area (Å²) in [4.78, 5) is 8.42. The second-order valence-corrected chi connectivity index (χ2v) is 6.25. The smallest absolute Gasteiger partial charge is 0.138 e. The highest BCUT2D eigenvalue weighted by molar-refractivity contribution is 5.81. The van der Waals surface area contributed by atoms with Crippen molar-refractivity contribution in [2.24, 2.45) is 0 Å². The lowest BCUT2D eigenvalue weighted by molar-refractivity contribution is 0.371. The molecule has 132 valence electrons. The van der Waals surface area contributed by atoms with Crippen LogP contribution in [0.4, 0.5) is 0 Å². The molecule has 0 saturated heterocycles. The highest BCUT2D eigenvalue weighted by Crippen LogP contribution is 2.33. The third-order valence-electron chi connectivity index (χ3n) is 4.54. The molecule has 1 aromatic heterocycles. The number of aromatic nitrogens is 2. The molecule has 1 N–H and O–H groups in total. The van der Waals surface area contributed by atoms with Crippen LogP contribution in [0.25, 0.3) is 39.7 Å². The van der Waals surface area contributed by atoms with Gasteiger partial charge >= 0.3 is 0 Å². The number of hydrogen-bond acceptors (Lipinski definition) is 2. The Hall–Kier alpha value is -3.59. The maximum Gasteiger partial charge on any atom is 0.138 e. The second-order valence-electron chi connectivity index (χ2n) is 6.25. The normalized spacial score (nSPS) is 10.6. The van der Waals surface area contributed by atoms with Crippen molar-refractivity contribution in [1.82, 2.24) is 9.97 Å². The number of H-pyrrole nitrogens is 1. The predicted molar refractivity (Wildman–Crippen MR) is 111 cm³/mol. The predicted octanol–water partition coefficient (Wildman–Crippen LogP) is 6.03. The molecule has 4 rings (SSSR count). The Morgan fingerprint density at radius 1 is 0.778 bits per heavy atom. The van der Waals surface area contributed by atoms with Crippen molar-refractivity contribution < 1.29 is 4.74 Å². The van der Waals surface area contributed by atoms with Crippen LogP contribution in [0.5, 0.6) is 0 Å². The SMILES string of the molecule is C=C(OC)c1ccc(-c2nc(-c3ccccc3)c(-c3ccccc3)[nH]2)cc1. The van der Waals surface area contributed by atoms with E-state index in [1.54, 1.807) is 7.11 Å². The quantitative estimate of drug-likeness (QED) is 0.445. The minimum Gasteiger partial charge on any atom is -0.497 e. The summed E-state index contributed by atoms with van der Waals surface area (Å²) in [5, 5.41) is 0. The molecule has 0 aliphatic carbocycles. The molecule has 4 aromatic rings. The van der Waals surface area contributed by atoms with E-state index in [2.05, 4.69) is 35.8 Å². The summed E-state index contributed by atoms with van der Waals surface area (Å²) in [5.74, 6) is 1.48. The van der Waals surface area contributed by atoms with Crippen molar-refractivity contribution in [2.45, 2.75) is 0 Å². The number of benzene rings is 3. The first-order valence-electron chi connectivity index (χ1n) is 8.81. The molecular weight excluding hydrogens is 332 g/mol. The number of ether oxygens (including phenoxy) is 1. The van der Waals surface area contributed by atoms with Gasteiger partial charge in [-0.25, -0.2) is 4.98 Å². The van der Waals surface area contributed by atoms with Gasteiger partial charge in [-0.1, -0.05) is 91.5 Å². The van der Waals surface area contributed by atoms with Crippen LogP contribution in [-0.4, -0.2) is 17.1 Å². The lowest BCUT2D eigenvalue weighted by Crippen LogP contribution is -1.86. The van der Waals surface area contributed by atoms with Crippen LogP contribution in [0.2, 0.25) is 0 Å². The van der Waals surface area contributed by atoms with Crippen molar-refractivity contribution in [3.63, 3.8) is 0 Å². The van der Waals surface area contributed by atoms with Crippen molar-refractivity contribution in [3.05, 3.63) is 97.1 Å². The van der Waals surface area contributed by atoms with E-state index in [0.29, 0.717) is 5.76 Å². The molecule has 1 heterocycles. The second kappa shape index (κ2) is 7.34. The number of imidazole rings is 1. The van der Waals surface area contributed by atoms with Crippen LogP contribution in [0.3, 0.4) is 0 Å². The van der Waals surface area contributed by atoms with Crippen molar-refractivity contribution in [2.75, 3.05) is 7.11 Å². The van der Waals surface area contributed by atoms with Crippen molar-refractivity contribution >= 4 is 5.76 Å². The number of methoxy groups -OCH3 is 1. The molecule has 3 nitrogen and oxygen atoms in total. The Morgan fingerprint density at radius 2 is 1.37 bits per heavy atom. The zero-order chi connectivity index (χ0) is 18.6. The molecule has 0 aliphatic heterocycles. The summed E-state index contributed by atoms with van der Waals surface area (Å²) >= 11 is 0. The fraction of sp³-hybridized carbons (Fsp3) is 0.0417. The molecule has 0 spiro atoms. The average Bonchev–Trinajstić information content (AvgIpc) is 3.20. The van der Waals surface area contributed by atoms with Crippen LogP contribution in [0.15, 0.2) is 91.5 Å². The molecular formula is C24H20N2O. The largest absolute Gasteiger partial charge is 0.497 e. The van der Waals surface area contributed by atoms with Gasteiger partial charge < -0.3 is 9.72 Å². The van der Waals surface area contributed by atoms with Gasteiger partial charge in [0.15, 0.2) is 0 Å². The molecule has 0 fully saturated rings. The van der Waals surface area contributed by atoms with Crippen LogP contribution >= 0.6 is 0 Å². The van der Waals surface area contributed by atoms with E-state index in [9.17, 15) is 0 Å². The van der Waals surface area contributed by atoms with E-state index in [0.717, 1.165) is 39.5 Å². The molecule has 3 heteroatoms. The molecule has 0 unspecified atom stereocenters. The monoisotopic (exact) mass is 352 g/mol. The number of hydrogen-bond donors (Lipinski definition) is 1. The van der Waals surface area contributed by atoms with Crippen molar-refractivity contribution in [3.8, 4) is 33.9 Å². The first-order valence-corrected chi connectivity index (χ1v) is 8.81. The molecule has 0 bridgehead atoms. The third kappa shape index (κ3) is 3.40. The van der Waals surface area contributed by atoms with Crippen molar-refractivity contribution in [1.29, 1.82) is 0 Å². The number of nitrogens with zero attached hydrogens (tertiary/aromatic N) is 1. The Kier molecular flexibility index (Phi) is 4.58. The van der Waals surface area contributed by atoms with Gasteiger partial charge in [-0.15, -0.1) is 0 Å². The molecule has 0 amide bonds. The number of nitrogens with one attached hydrogen (secondary N) is 1. The van der Waals surface area contributed by atoms with Gasteiger partial charge in [-0.05, 0) is 0 Å². The Morgan fingerprint density at radius 3 is 1.96 bits per heavy atom. The van der Waals surface area contributed by atoms with Crippen LogP contribution in [-0.2, 0) is 4.74 Å². The minimum absolute atomic E-state index is 0.649. The molecule has 27 heavy (non-hydrogen) atoms. The zero-order valence-electron chi connectivity index (χ0n) is 15.1. The standard InChI is InChI=1S/C24H20N2O/c1-17(27-2)18-13-15-21(16-14-18)24-25-22(19-9-5-3-6-10-19)23(26-24)20-11-7-4-8-12-20/h3-16H,1H2,2H3,(H,25,26). The summed E-state index contributed by atoms with van der Waals surface area (Å²) in [5.41, 5.74) is 6.13. The fourth-order valence-corrected chi connectivity index (χ4v) is 3.06. The molecule has 0 saturated carbocycles. The molecule has 3 aromatic carbocycles. The van der Waals surface area contributed by atoms with E-state index in [1.165, 1.54) is 0 Å². The van der Waals surface area contributed by atoms with Gasteiger partial charge in [-0.2, -0.15) is 0 Å². The third-order valence-corrected chi connectivity index (χ3v) is 4.54. The lowest BCUT2D eigenvalue weighted by atomic mass is 10.1. The molecule has 0 radical (unpaired) electrons. The average molecular weight is 352 g/mol. The fourth-order valence-electron chi connectivity index (χ4n) is 3.06. The summed E-state index contributed by atoms with van der Waals surface area (Å²) in [6.45, 7) is 3.90. The van der Waals surface area contributed by atoms with E-state index >= 15 is 0 Å². The summed E-state index contributed by atoms with van der Waals surface area (Å²) < 4.78 is 5.20. The summed E-state index contributed by atoms with van der Waals surface area (Å²) in [6.07, 6.45) is 0. The van der Waals surface area contributed by atoms with E-state index < -0.39 is 0 Å². The van der Waals surface area contributed by atoms with Gasteiger partial charge in [-0.3, -0.25) is 0 Å². The maximum atomic E-state index is 5.20. The Labute approximate surface area is 159 Å². The molecule has 0 atom stereocenters. The Balaban J connectivity index is 1.81. The first kappa shape index (κ1) is 16.9. The highest BCUT2D eigenvalue weighted by atomic mass is 16.5. The topological polar surface area (TPSA) is 37.9 Å². The van der Waals surface area contributed by atoms with E-state index in [4.69, 9.17) is 9.72 Å². The first-order chi connectivity index (χ1) is 13.3. The number of rotatable bonds is 5. The van der Waals surface area contributed by atoms with Gasteiger partial charge in [0.2, 0.25) is 0 Å². The van der Waals surface area contributed by atoms with Gasteiger partial charge in [0.1, 0.15) is 11.6 Å². The van der Waals surface area contributed by atoms with Gasteiger partial charge in [0.25, 0.3) is 0 Å². The van der Waals surface area contributed by atoms with Crippen LogP contribution in [0, 0.1) is 0 Å². The lowest BCUT2D eigenvalue weighted by Gasteiger charge is -2.04. The van der Waals surface area contributed by atoms with E-state index in [1.807, 2.05) is 60.7 Å². The minimum atomic E-state index is 0.649. The van der Waals surface area contributed by atoms with Gasteiger partial charge in [0.05, 0.1) is 18.5 Å². The highest BCUT2D eigenvalue weighted by Gasteiger charge is 2.15. The summed E-state index contributed by atoms with van der Waals surface area (Å²) in [6, 6.07) is 28.6.